The third-order valence-corrected chi connectivity index (χ3v) is 5.52. The first-order chi connectivity index (χ1) is 11.1. The Morgan fingerprint density at radius 3 is 2.83 bits per heavy atom. The van der Waals surface area contributed by atoms with Gasteiger partial charge in [0.25, 0.3) is 0 Å². The number of nitrogens with zero attached hydrogens (tertiary/aromatic N) is 1. The molecule has 4 nitrogen and oxygen atoms in total. The second kappa shape index (κ2) is 8.94. The summed E-state index contributed by atoms with van der Waals surface area (Å²) >= 11 is 4.97. The van der Waals surface area contributed by atoms with Crippen molar-refractivity contribution in [2.75, 3.05) is 18.4 Å². The van der Waals surface area contributed by atoms with Crippen molar-refractivity contribution >= 4 is 50.7 Å². The summed E-state index contributed by atoms with van der Waals surface area (Å²) in [5.41, 5.74) is 2.01. The molecule has 2 N–H and O–H groups in total. The molecule has 1 aromatic heterocycles. The molecule has 1 amide bonds. The van der Waals surface area contributed by atoms with Gasteiger partial charge in [0.2, 0.25) is 5.91 Å². The van der Waals surface area contributed by atoms with Gasteiger partial charge in [0.15, 0.2) is 5.13 Å². The van der Waals surface area contributed by atoms with Gasteiger partial charge in [-0.15, -0.1) is 23.7 Å². The van der Waals surface area contributed by atoms with Crippen LogP contribution in [0.15, 0.2) is 28.7 Å². The zero-order valence-electron chi connectivity index (χ0n) is 13.5. The van der Waals surface area contributed by atoms with Gasteiger partial charge in [-0.3, -0.25) is 4.79 Å². The number of nitrogens with one attached hydrogen (secondary N) is 2. The number of carbonyl (C=O) groups is 1. The number of carbonyl (C=O) groups excluding carboxylic acids is 1. The maximum Gasteiger partial charge on any atom is 0.226 e. The summed E-state index contributed by atoms with van der Waals surface area (Å²) in [6.07, 6.45) is 2.69. The molecule has 1 unspecified atom stereocenters. The first kappa shape index (κ1) is 19.4. The number of anilines is 1. The summed E-state index contributed by atoms with van der Waals surface area (Å²) in [5.74, 6) is 0.699. The zero-order chi connectivity index (χ0) is 16.2. The molecule has 0 bridgehead atoms. The Kier molecular flexibility index (Phi) is 7.22. The predicted octanol–water partition coefficient (Wildman–Crippen LogP) is 4.63. The van der Waals surface area contributed by atoms with E-state index in [4.69, 9.17) is 0 Å². The average Bonchev–Trinajstić information content (AvgIpc) is 3.16. The van der Waals surface area contributed by atoms with Crippen LogP contribution in [0.3, 0.4) is 0 Å². The van der Waals surface area contributed by atoms with Crippen LogP contribution in [-0.4, -0.2) is 24.0 Å². The van der Waals surface area contributed by atoms with E-state index in [1.54, 1.807) is 0 Å². The Labute approximate surface area is 161 Å². The Morgan fingerprint density at radius 2 is 2.17 bits per heavy atom. The fourth-order valence-corrected chi connectivity index (χ4v) is 3.92. The lowest BCUT2D eigenvalue weighted by Crippen LogP contribution is -2.14. The van der Waals surface area contributed by atoms with Gasteiger partial charge in [-0.1, -0.05) is 28.1 Å². The van der Waals surface area contributed by atoms with E-state index >= 15 is 0 Å². The highest BCUT2D eigenvalue weighted by molar-refractivity contribution is 9.10. The van der Waals surface area contributed by atoms with Gasteiger partial charge in [-0.25, -0.2) is 4.98 Å². The first-order valence-corrected chi connectivity index (χ1v) is 9.46. The molecule has 0 radical (unpaired) electrons. The van der Waals surface area contributed by atoms with Crippen LogP contribution in [0.1, 0.15) is 24.1 Å². The molecule has 1 fully saturated rings. The molecule has 0 aliphatic carbocycles. The van der Waals surface area contributed by atoms with Crippen molar-refractivity contribution in [1.29, 1.82) is 0 Å². The number of rotatable bonds is 5. The van der Waals surface area contributed by atoms with Crippen molar-refractivity contribution in [3.8, 4) is 11.3 Å². The number of thiazole rings is 1. The van der Waals surface area contributed by atoms with Gasteiger partial charge in [-0.05, 0) is 50.9 Å². The minimum atomic E-state index is 0. The van der Waals surface area contributed by atoms with E-state index in [-0.39, 0.29) is 18.3 Å². The van der Waals surface area contributed by atoms with Crippen LogP contribution < -0.4 is 10.6 Å². The fraction of sp³-hybridized carbons (Fsp3) is 0.412. The van der Waals surface area contributed by atoms with Crippen LogP contribution in [-0.2, 0) is 4.79 Å². The summed E-state index contributed by atoms with van der Waals surface area (Å²) in [5, 5.41) is 6.97. The maximum atomic E-state index is 12.1. The molecule has 1 saturated heterocycles. The van der Waals surface area contributed by atoms with Gasteiger partial charge in [0, 0.05) is 21.3 Å². The summed E-state index contributed by atoms with van der Waals surface area (Å²) in [4.78, 5) is 17.8. The molecular weight excluding hydrogens is 410 g/mol. The highest BCUT2D eigenvalue weighted by Crippen LogP contribution is 2.31. The van der Waals surface area contributed by atoms with Crippen molar-refractivity contribution in [1.82, 2.24) is 10.3 Å². The van der Waals surface area contributed by atoms with Gasteiger partial charge in [-0.2, -0.15) is 0 Å². The molecule has 2 aromatic rings. The molecule has 1 aliphatic rings. The summed E-state index contributed by atoms with van der Waals surface area (Å²) in [6, 6.07) is 8.07. The van der Waals surface area contributed by atoms with Crippen LogP contribution in [0.4, 0.5) is 5.13 Å². The van der Waals surface area contributed by atoms with Crippen LogP contribution >= 0.6 is 39.7 Å². The van der Waals surface area contributed by atoms with Gasteiger partial charge >= 0.3 is 0 Å². The van der Waals surface area contributed by atoms with Crippen molar-refractivity contribution in [3.05, 3.63) is 33.6 Å². The second-order valence-electron chi connectivity index (χ2n) is 5.88. The normalized spacial score (nSPS) is 16.7. The molecule has 24 heavy (non-hydrogen) atoms. The van der Waals surface area contributed by atoms with E-state index in [1.807, 2.05) is 31.2 Å². The molecule has 0 spiro atoms. The molecule has 0 saturated carbocycles. The number of benzene rings is 1. The lowest BCUT2D eigenvalue weighted by molar-refractivity contribution is -0.116. The van der Waals surface area contributed by atoms with Crippen LogP contribution in [0, 0.1) is 12.8 Å². The minimum absolute atomic E-state index is 0. The smallest absolute Gasteiger partial charge is 0.226 e. The van der Waals surface area contributed by atoms with E-state index in [1.165, 1.54) is 17.8 Å². The standard InChI is InChI=1S/C17H20BrN3OS.ClH/c1-11-16(13-3-5-14(18)6-4-13)21-17(23-11)20-15(22)7-2-12-8-9-19-10-12;/h3-6,12,19H,2,7-10H2,1H3,(H,20,21,22);1H. The number of amides is 1. The summed E-state index contributed by atoms with van der Waals surface area (Å²) in [7, 11) is 0. The number of aryl methyl sites for hydroxylation is 1. The number of aromatic nitrogens is 1. The van der Waals surface area contributed by atoms with Crippen LogP contribution in [0.2, 0.25) is 0 Å². The Bertz CT molecular complexity index is 684. The quantitative estimate of drug-likeness (QED) is 0.727. The van der Waals surface area contributed by atoms with Gasteiger partial charge < -0.3 is 10.6 Å². The van der Waals surface area contributed by atoms with Crippen molar-refractivity contribution < 1.29 is 4.79 Å². The third-order valence-electron chi connectivity index (χ3n) is 4.10. The number of halogens is 2. The van der Waals surface area contributed by atoms with Gasteiger partial charge in [0.1, 0.15) is 0 Å². The lowest BCUT2D eigenvalue weighted by Gasteiger charge is -2.07. The Morgan fingerprint density at radius 1 is 1.42 bits per heavy atom. The molecule has 2 heterocycles. The SMILES string of the molecule is Cc1sc(NC(=O)CCC2CCNC2)nc1-c1ccc(Br)cc1.Cl. The number of hydrogen-bond donors (Lipinski definition) is 2. The first-order valence-electron chi connectivity index (χ1n) is 7.86. The van der Waals surface area contributed by atoms with E-state index in [0.29, 0.717) is 17.5 Å². The molecule has 1 aliphatic heterocycles. The molecule has 1 atom stereocenters. The van der Waals surface area contributed by atoms with Crippen LogP contribution in [0.25, 0.3) is 11.3 Å². The highest BCUT2D eigenvalue weighted by atomic mass is 79.9. The molecule has 7 heteroatoms. The van der Waals surface area contributed by atoms with E-state index in [2.05, 4.69) is 31.5 Å². The van der Waals surface area contributed by atoms with Crippen molar-refractivity contribution in [2.45, 2.75) is 26.2 Å². The Hall–Kier alpha value is -0.950. The van der Waals surface area contributed by atoms with E-state index < -0.39 is 0 Å². The second-order valence-corrected chi connectivity index (χ2v) is 8.00. The zero-order valence-corrected chi connectivity index (χ0v) is 16.7. The lowest BCUT2D eigenvalue weighted by atomic mass is 10.0. The number of hydrogen-bond acceptors (Lipinski definition) is 4. The van der Waals surface area contributed by atoms with Crippen molar-refractivity contribution in [3.63, 3.8) is 0 Å². The third kappa shape index (κ3) is 5.02. The fourth-order valence-electron chi connectivity index (χ4n) is 2.80. The highest BCUT2D eigenvalue weighted by Gasteiger charge is 2.17. The monoisotopic (exact) mass is 429 g/mol. The summed E-state index contributed by atoms with van der Waals surface area (Å²) in [6.45, 7) is 4.15. The largest absolute Gasteiger partial charge is 0.316 e. The van der Waals surface area contributed by atoms with E-state index in [0.717, 1.165) is 40.1 Å². The molecular formula is C17H21BrClN3OS. The molecule has 3 rings (SSSR count). The molecule has 1 aromatic carbocycles. The van der Waals surface area contributed by atoms with Gasteiger partial charge in [0.05, 0.1) is 5.69 Å². The topological polar surface area (TPSA) is 54.0 Å². The van der Waals surface area contributed by atoms with E-state index in [9.17, 15) is 4.79 Å². The average molecular weight is 431 g/mol. The predicted molar refractivity (Wildman–Crippen MR) is 106 cm³/mol. The maximum absolute atomic E-state index is 12.1. The Balaban J connectivity index is 0.00000208. The van der Waals surface area contributed by atoms with Crippen molar-refractivity contribution in [2.24, 2.45) is 5.92 Å². The molecule has 130 valence electrons. The van der Waals surface area contributed by atoms with Crippen LogP contribution in [0.5, 0.6) is 0 Å². The minimum Gasteiger partial charge on any atom is -0.316 e. The summed E-state index contributed by atoms with van der Waals surface area (Å²) < 4.78 is 1.05.